The van der Waals surface area contributed by atoms with Crippen molar-refractivity contribution in [1.29, 1.82) is 0 Å². The van der Waals surface area contributed by atoms with Crippen LogP contribution in [0, 0.1) is 6.92 Å². The molecule has 0 aliphatic heterocycles. The second-order valence-electron chi connectivity index (χ2n) is 4.99. The van der Waals surface area contributed by atoms with Crippen molar-refractivity contribution in [2.24, 2.45) is 0 Å². The SMILES string of the molecule is Cc1ccnc(Sc2ccc(Cl)cc2CNC2CC2)n1. The normalized spacial score (nSPS) is 14.5. The third-order valence-electron chi connectivity index (χ3n) is 3.16. The highest BCUT2D eigenvalue weighted by Gasteiger charge is 2.20. The summed E-state index contributed by atoms with van der Waals surface area (Å²) < 4.78 is 0. The lowest BCUT2D eigenvalue weighted by Crippen LogP contribution is -2.15. The summed E-state index contributed by atoms with van der Waals surface area (Å²) in [5, 5.41) is 5.07. The molecule has 0 radical (unpaired) electrons. The van der Waals surface area contributed by atoms with E-state index in [2.05, 4.69) is 15.3 Å². The molecule has 1 aromatic heterocycles. The van der Waals surface area contributed by atoms with Gasteiger partial charge in [0, 0.05) is 34.4 Å². The molecule has 1 aromatic carbocycles. The van der Waals surface area contributed by atoms with Gasteiger partial charge in [-0.2, -0.15) is 0 Å². The van der Waals surface area contributed by atoms with Gasteiger partial charge in [0.05, 0.1) is 0 Å². The van der Waals surface area contributed by atoms with E-state index in [4.69, 9.17) is 11.6 Å². The molecule has 0 spiro atoms. The number of aromatic nitrogens is 2. The standard InChI is InChI=1S/C15H16ClN3S/c1-10-6-7-17-15(19-10)20-14-5-2-12(16)8-11(14)9-18-13-3-4-13/h2,5-8,13,18H,3-4,9H2,1H3. The highest BCUT2D eigenvalue weighted by atomic mass is 35.5. The van der Waals surface area contributed by atoms with Crippen LogP contribution in [0.25, 0.3) is 0 Å². The van der Waals surface area contributed by atoms with Crippen molar-refractivity contribution in [3.05, 3.63) is 46.7 Å². The van der Waals surface area contributed by atoms with E-state index >= 15 is 0 Å². The summed E-state index contributed by atoms with van der Waals surface area (Å²) >= 11 is 7.70. The van der Waals surface area contributed by atoms with Crippen LogP contribution in [-0.4, -0.2) is 16.0 Å². The molecule has 3 nitrogen and oxygen atoms in total. The minimum atomic E-state index is 0.682. The topological polar surface area (TPSA) is 37.8 Å². The first kappa shape index (κ1) is 13.9. The summed E-state index contributed by atoms with van der Waals surface area (Å²) in [6, 6.07) is 8.57. The van der Waals surface area contributed by atoms with E-state index in [-0.39, 0.29) is 0 Å². The summed E-state index contributed by atoms with van der Waals surface area (Å²) in [7, 11) is 0. The first-order valence-electron chi connectivity index (χ1n) is 6.70. The summed E-state index contributed by atoms with van der Waals surface area (Å²) in [6.45, 7) is 2.82. The summed E-state index contributed by atoms with van der Waals surface area (Å²) in [6.07, 6.45) is 4.36. The third-order valence-corrected chi connectivity index (χ3v) is 4.39. The lowest BCUT2D eigenvalue weighted by molar-refractivity contribution is 0.680. The predicted molar refractivity (Wildman–Crippen MR) is 82.2 cm³/mol. The van der Waals surface area contributed by atoms with E-state index in [1.165, 1.54) is 18.4 Å². The van der Waals surface area contributed by atoms with Crippen molar-refractivity contribution in [1.82, 2.24) is 15.3 Å². The molecular weight excluding hydrogens is 290 g/mol. The molecule has 1 aliphatic carbocycles. The first-order chi connectivity index (χ1) is 9.70. The molecule has 0 saturated heterocycles. The van der Waals surface area contributed by atoms with Crippen LogP contribution in [0.15, 0.2) is 40.5 Å². The van der Waals surface area contributed by atoms with Gasteiger partial charge in [0.1, 0.15) is 0 Å². The molecule has 1 heterocycles. The average Bonchev–Trinajstić information content (AvgIpc) is 3.23. The summed E-state index contributed by atoms with van der Waals surface area (Å²) in [5.74, 6) is 0. The molecule has 0 unspecified atom stereocenters. The number of rotatable bonds is 5. The van der Waals surface area contributed by atoms with E-state index in [0.717, 1.165) is 27.3 Å². The summed E-state index contributed by atoms with van der Waals surface area (Å²) in [5.41, 5.74) is 2.19. The highest BCUT2D eigenvalue weighted by Crippen LogP contribution is 2.30. The van der Waals surface area contributed by atoms with Gasteiger partial charge in [0.25, 0.3) is 0 Å². The number of benzene rings is 1. The Bertz CT molecular complexity index is 614. The lowest BCUT2D eigenvalue weighted by atomic mass is 10.2. The molecule has 104 valence electrons. The van der Waals surface area contributed by atoms with E-state index in [1.54, 1.807) is 18.0 Å². The number of hydrogen-bond acceptors (Lipinski definition) is 4. The number of halogens is 1. The van der Waals surface area contributed by atoms with Gasteiger partial charge < -0.3 is 5.32 Å². The maximum atomic E-state index is 6.11. The second kappa shape index (κ2) is 6.12. The van der Waals surface area contributed by atoms with Gasteiger partial charge in [0.2, 0.25) is 0 Å². The minimum absolute atomic E-state index is 0.682. The van der Waals surface area contributed by atoms with Crippen molar-refractivity contribution in [2.45, 2.75) is 42.4 Å². The zero-order valence-electron chi connectivity index (χ0n) is 11.3. The largest absolute Gasteiger partial charge is 0.310 e. The van der Waals surface area contributed by atoms with Crippen molar-refractivity contribution >= 4 is 23.4 Å². The average molecular weight is 306 g/mol. The Balaban J connectivity index is 1.79. The number of nitrogens with zero attached hydrogens (tertiary/aromatic N) is 2. The van der Waals surface area contributed by atoms with Crippen LogP contribution < -0.4 is 5.32 Å². The number of aryl methyl sites for hydroxylation is 1. The zero-order chi connectivity index (χ0) is 13.9. The Morgan fingerprint density at radius 2 is 2.20 bits per heavy atom. The lowest BCUT2D eigenvalue weighted by Gasteiger charge is -2.10. The van der Waals surface area contributed by atoms with Gasteiger partial charge in [-0.05, 0) is 61.4 Å². The van der Waals surface area contributed by atoms with Crippen LogP contribution in [0.2, 0.25) is 5.02 Å². The van der Waals surface area contributed by atoms with E-state index in [0.29, 0.717) is 6.04 Å². The monoisotopic (exact) mass is 305 g/mol. The third kappa shape index (κ3) is 3.72. The Labute approximate surface area is 128 Å². The van der Waals surface area contributed by atoms with Gasteiger partial charge in [-0.15, -0.1) is 0 Å². The maximum absolute atomic E-state index is 6.11. The van der Waals surface area contributed by atoms with Crippen molar-refractivity contribution in [3.63, 3.8) is 0 Å². The van der Waals surface area contributed by atoms with Crippen molar-refractivity contribution in [3.8, 4) is 0 Å². The Hall–Kier alpha value is -1.10. The van der Waals surface area contributed by atoms with E-state index in [1.807, 2.05) is 31.2 Å². The van der Waals surface area contributed by atoms with Crippen LogP contribution >= 0.6 is 23.4 Å². The zero-order valence-corrected chi connectivity index (χ0v) is 12.8. The van der Waals surface area contributed by atoms with Gasteiger partial charge in [-0.25, -0.2) is 9.97 Å². The molecule has 0 atom stereocenters. The van der Waals surface area contributed by atoms with Gasteiger partial charge in [-0.1, -0.05) is 11.6 Å². The molecule has 1 aliphatic rings. The Morgan fingerprint density at radius 3 is 2.95 bits per heavy atom. The summed E-state index contributed by atoms with van der Waals surface area (Å²) in [4.78, 5) is 9.90. The van der Waals surface area contributed by atoms with Gasteiger partial charge in [0.15, 0.2) is 5.16 Å². The molecule has 5 heteroatoms. The Kier molecular flexibility index (Phi) is 4.24. The van der Waals surface area contributed by atoms with Crippen molar-refractivity contribution < 1.29 is 0 Å². The predicted octanol–water partition coefficient (Wildman–Crippen LogP) is 3.84. The number of hydrogen-bond donors (Lipinski definition) is 1. The maximum Gasteiger partial charge on any atom is 0.192 e. The second-order valence-corrected chi connectivity index (χ2v) is 6.44. The van der Waals surface area contributed by atoms with Gasteiger partial charge >= 0.3 is 0 Å². The molecule has 1 fully saturated rings. The fourth-order valence-electron chi connectivity index (χ4n) is 1.90. The molecule has 1 N–H and O–H groups in total. The molecular formula is C15H16ClN3S. The van der Waals surface area contributed by atoms with Gasteiger partial charge in [-0.3, -0.25) is 0 Å². The van der Waals surface area contributed by atoms with Crippen LogP contribution in [0.5, 0.6) is 0 Å². The smallest absolute Gasteiger partial charge is 0.192 e. The van der Waals surface area contributed by atoms with Crippen LogP contribution in [0.1, 0.15) is 24.1 Å². The first-order valence-corrected chi connectivity index (χ1v) is 7.89. The van der Waals surface area contributed by atoms with Crippen LogP contribution in [0.4, 0.5) is 0 Å². The molecule has 1 saturated carbocycles. The molecule has 20 heavy (non-hydrogen) atoms. The molecule has 0 bridgehead atoms. The van der Waals surface area contributed by atoms with Crippen LogP contribution in [0.3, 0.4) is 0 Å². The Morgan fingerprint density at radius 1 is 1.35 bits per heavy atom. The molecule has 3 rings (SSSR count). The fourth-order valence-corrected chi connectivity index (χ4v) is 2.99. The highest BCUT2D eigenvalue weighted by molar-refractivity contribution is 7.99. The quantitative estimate of drug-likeness (QED) is 0.852. The van der Waals surface area contributed by atoms with Crippen LogP contribution in [-0.2, 0) is 6.54 Å². The van der Waals surface area contributed by atoms with Crippen molar-refractivity contribution in [2.75, 3.05) is 0 Å². The fraction of sp³-hybridized carbons (Fsp3) is 0.333. The van der Waals surface area contributed by atoms with E-state index < -0.39 is 0 Å². The minimum Gasteiger partial charge on any atom is -0.310 e. The molecule has 0 amide bonds. The molecule has 2 aromatic rings. The van der Waals surface area contributed by atoms with E-state index in [9.17, 15) is 0 Å². The number of nitrogens with one attached hydrogen (secondary N) is 1.